The molecule has 0 radical (unpaired) electrons. The van der Waals surface area contributed by atoms with Gasteiger partial charge >= 0.3 is 5.97 Å². The highest BCUT2D eigenvalue weighted by atomic mass is 16.5. The number of carboxylic acids is 1. The molecule has 0 atom stereocenters. The smallest absolute Gasteiger partial charge is 0.319 e. The summed E-state index contributed by atoms with van der Waals surface area (Å²) in [6.07, 6.45) is 0. The van der Waals surface area contributed by atoms with E-state index in [2.05, 4.69) is 0 Å². The van der Waals surface area contributed by atoms with Gasteiger partial charge in [-0.2, -0.15) is 0 Å². The normalized spacial score (nSPS) is 9.88. The molecular formula is C3H7N2O3-. The Hall–Kier alpha value is -0.650. The van der Waals surface area contributed by atoms with E-state index in [1.807, 2.05) is 0 Å². The molecule has 0 aromatic carbocycles. The zero-order valence-corrected chi connectivity index (χ0v) is 4.42. The average Bonchev–Trinajstić information content (AvgIpc) is 1.65. The van der Waals surface area contributed by atoms with Gasteiger partial charge in [0.1, 0.15) is 6.54 Å². The maximum Gasteiger partial charge on any atom is 0.319 e. The maximum atomic E-state index is 9.75. The monoisotopic (exact) mass is 119 g/mol. The predicted octanol–water partition coefficient (Wildman–Crippen LogP) is -0.995. The quantitative estimate of drug-likeness (QED) is 0.466. The van der Waals surface area contributed by atoms with Gasteiger partial charge in [-0.15, -0.1) is 0 Å². The molecule has 0 spiro atoms. The molecule has 0 amide bonds. The molecule has 0 rings (SSSR count). The van der Waals surface area contributed by atoms with Gasteiger partial charge in [-0.25, -0.2) is 5.01 Å². The first kappa shape index (κ1) is 7.35. The molecule has 0 saturated carbocycles. The molecule has 0 aliphatic rings. The van der Waals surface area contributed by atoms with E-state index < -0.39 is 5.97 Å². The number of carboxylic acid groups (broad SMARTS) is 1. The largest absolute Gasteiger partial charge is 0.774 e. The van der Waals surface area contributed by atoms with E-state index in [4.69, 9.17) is 5.11 Å². The summed E-state index contributed by atoms with van der Waals surface area (Å²) in [6.45, 7) is -0.288. The first-order chi connectivity index (χ1) is 3.66. The van der Waals surface area contributed by atoms with Crippen molar-refractivity contribution in [1.82, 2.24) is 10.6 Å². The Labute approximate surface area is 46.5 Å². The second kappa shape index (κ2) is 3.36. The van der Waals surface area contributed by atoms with Crippen molar-refractivity contribution in [3.63, 3.8) is 0 Å². The highest BCUT2D eigenvalue weighted by molar-refractivity contribution is 5.68. The summed E-state index contributed by atoms with van der Waals surface area (Å²) >= 11 is 0. The second-order valence-electron chi connectivity index (χ2n) is 1.34. The van der Waals surface area contributed by atoms with E-state index >= 15 is 0 Å². The van der Waals surface area contributed by atoms with Crippen LogP contribution in [0.25, 0.3) is 0 Å². The minimum atomic E-state index is -1.03. The molecule has 0 aliphatic carbocycles. The lowest BCUT2D eigenvalue weighted by Crippen LogP contribution is -2.34. The average molecular weight is 119 g/mol. The number of aliphatic carboxylic acids is 1. The van der Waals surface area contributed by atoms with E-state index in [1.165, 1.54) is 12.6 Å². The van der Waals surface area contributed by atoms with Gasteiger partial charge in [0, 0.05) is 7.05 Å². The summed E-state index contributed by atoms with van der Waals surface area (Å²) in [4.78, 5) is 9.75. The summed E-state index contributed by atoms with van der Waals surface area (Å²) in [5.74, 6) is -1.03. The zero-order valence-electron chi connectivity index (χ0n) is 4.42. The lowest BCUT2D eigenvalue weighted by atomic mass is 10.7. The van der Waals surface area contributed by atoms with Crippen LogP contribution in [0.1, 0.15) is 0 Å². The van der Waals surface area contributed by atoms with Crippen LogP contribution in [0.5, 0.6) is 0 Å². The lowest BCUT2D eigenvalue weighted by Gasteiger charge is -2.18. The molecule has 5 heteroatoms. The van der Waals surface area contributed by atoms with Crippen LogP contribution in [0.2, 0.25) is 0 Å². The first-order valence-corrected chi connectivity index (χ1v) is 1.97. The van der Waals surface area contributed by atoms with Crippen molar-refractivity contribution >= 4 is 5.97 Å². The molecule has 48 valence electrons. The van der Waals surface area contributed by atoms with E-state index in [0.717, 1.165) is 5.01 Å². The number of nitrogens with one attached hydrogen (secondary N) is 1. The SMILES string of the molecule is CN(CC(=O)O)N[O-]. The van der Waals surface area contributed by atoms with Crippen molar-refractivity contribution in [2.75, 3.05) is 13.6 Å². The Morgan fingerprint density at radius 1 is 2.00 bits per heavy atom. The van der Waals surface area contributed by atoms with Crippen LogP contribution in [-0.2, 0) is 4.79 Å². The minimum Gasteiger partial charge on any atom is -0.774 e. The number of carbonyl (C=O) groups is 1. The van der Waals surface area contributed by atoms with Crippen LogP contribution in [0.15, 0.2) is 0 Å². The van der Waals surface area contributed by atoms with Gasteiger partial charge < -0.3 is 15.9 Å². The summed E-state index contributed by atoms with van der Waals surface area (Å²) in [5, 5.41) is 18.5. The Morgan fingerprint density at radius 2 is 2.50 bits per heavy atom. The van der Waals surface area contributed by atoms with E-state index in [9.17, 15) is 10.0 Å². The highest BCUT2D eigenvalue weighted by Crippen LogP contribution is 1.70. The molecule has 0 bridgehead atoms. The van der Waals surface area contributed by atoms with Crippen LogP contribution in [0, 0.1) is 5.21 Å². The highest BCUT2D eigenvalue weighted by Gasteiger charge is 1.96. The van der Waals surface area contributed by atoms with Gasteiger partial charge in [0.25, 0.3) is 0 Å². The minimum absolute atomic E-state index is 0.288. The predicted molar refractivity (Wildman–Crippen MR) is 26.8 cm³/mol. The number of hydrazine groups is 1. The molecule has 0 heterocycles. The maximum absolute atomic E-state index is 9.75. The molecule has 0 aromatic rings. The van der Waals surface area contributed by atoms with Crippen LogP contribution in [-0.4, -0.2) is 29.7 Å². The molecule has 0 aliphatic heterocycles. The van der Waals surface area contributed by atoms with Crippen LogP contribution in [0.4, 0.5) is 0 Å². The molecular weight excluding hydrogens is 112 g/mol. The fourth-order valence-electron chi connectivity index (χ4n) is 0.235. The van der Waals surface area contributed by atoms with Crippen LogP contribution < -0.4 is 5.59 Å². The van der Waals surface area contributed by atoms with Gasteiger partial charge in [-0.05, 0) is 0 Å². The number of hydrogen-bond acceptors (Lipinski definition) is 4. The van der Waals surface area contributed by atoms with Gasteiger partial charge in [-0.3, -0.25) is 4.79 Å². The Bertz CT molecular complexity index is 84.6. The summed E-state index contributed by atoms with van der Waals surface area (Å²) in [6, 6.07) is 0. The molecule has 5 nitrogen and oxygen atoms in total. The lowest BCUT2D eigenvalue weighted by molar-refractivity contribution is -0.138. The van der Waals surface area contributed by atoms with Crippen molar-refractivity contribution in [3.05, 3.63) is 5.21 Å². The third-order valence-electron chi connectivity index (χ3n) is 0.528. The van der Waals surface area contributed by atoms with E-state index in [1.54, 1.807) is 0 Å². The van der Waals surface area contributed by atoms with Crippen molar-refractivity contribution in [2.45, 2.75) is 0 Å². The third kappa shape index (κ3) is 3.54. The van der Waals surface area contributed by atoms with Crippen molar-refractivity contribution in [3.8, 4) is 0 Å². The van der Waals surface area contributed by atoms with Crippen LogP contribution in [0.3, 0.4) is 0 Å². The molecule has 0 saturated heterocycles. The zero-order chi connectivity index (χ0) is 6.57. The summed E-state index contributed by atoms with van der Waals surface area (Å²) in [5.41, 5.74) is 1.40. The Morgan fingerprint density at radius 3 is 2.62 bits per heavy atom. The molecule has 0 unspecified atom stereocenters. The van der Waals surface area contributed by atoms with Crippen molar-refractivity contribution in [1.29, 1.82) is 0 Å². The molecule has 0 aromatic heterocycles. The molecule has 2 N–H and O–H groups in total. The van der Waals surface area contributed by atoms with Crippen LogP contribution >= 0.6 is 0 Å². The standard InChI is InChI=1S/C3H7N2O3/c1-5(4-8)2-3(6)7/h4H,2H2,1H3,(H,6,7)/q-1. The van der Waals surface area contributed by atoms with Gasteiger partial charge in [0.05, 0.1) is 0 Å². The first-order valence-electron chi connectivity index (χ1n) is 1.97. The van der Waals surface area contributed by atoms with Gasteiger partial charge in [0.2, 0.25) is 0 Å². The Balaban J connectivity index is 3.24. The fraction of sp³-hybridized carbons (Fsp3) is 0.667. The van der Waals surface area contributed by atoms with E-state index in [-0.39, 0.29) is 6.54 Å². The van der Waals surface area contributed by atoms with Gasteiger partial charge in [-0.1, -0.05) is 0 Å². The summed E-state index contributed by atoms with van der Waals surface area (Å²) in [7, 11) is 1.35. The molecule has 8 heavy (non-hydrogen) atoms. The van der Waals surface area contributed by atoms with Crippen molar-refractivity contribution < 1.29 is 9.90 Å². The number of hydrogen-bond donors (Lipinski definition) is 2. The third-order valence-corrected chi connectivity index (χ3v) is 0.528. The topological polar surface area (TPSA) is 75.6 Å². The molecule has 0 fully saturated rings. The number of rotatable bonds is 3. The van der Waals surface area contributed by atoms with E-state index in [0.29, 0.717) is 0 Å². The van der Waals surface area contributed by atoms with Gasteiger partial charge in [0.15, 0.2) is 0 Å². The Kier molecular flexibility index (Phi) is 3.09. The summed E-state index contributed by atoms with van der Waals surface area (Å²) < 4.78 is 0. The number of likely N-dealkylation sites (N-methyl/N-ethyl adjacent to an activating group) is 1. The second-order valence-corrected chi connectivity index (χ2v) is 1.34. The fourth-order valence-corrected chi connectivity index (χ4v) is 0.235. The number of nitrogens with zero attached hydrogens (tertiary/aromatic N) is 1. The van der Waals surface area contributed by atoms with Crippen molar-refractivity contribution in [2.24, 2.45) is 0 Å².